The van der Waals surface area contributed by atoms with Gasteiger partial charge in [0.15, 0.2) is 0 Å². The van der Waals surface area contributed by atoms with Gasteiger partial charge in [-0.05, 0) is 30.5 Å². The van der Waals surface area contributed by atoms with Gasteiger partial charge in [-0.1, -0.05) is 152 Å². The van der Waals surface area contributed by atoms with Gasteiger partial charge in [0.1, 0.15) is 12.6 Å². The van der Waals surface area contributed by atoms with E-state index in [1.165, 1.54) is 89.9 Å². The summed E-state index contributed by atoms with van der Waals surface area (Å²) in [5, 5.41) is 5.78. The second-order valence-electron chi connectivity index (χ2n) is 11.7. The van der Waals surface area contributed by atoms with Crippen molar-refractivity contribution in [3.05, 3.63) is 71.8 Å². The molecule has 0 saturated carbocycles. The van der Waals surface area contributed by atoms with Crippen LogP contribution in [0.4, 0.5) is 0 Å². The maximum absolute atomic E-state index is 13.0. The van der Waals surface area contributed by atoms with E-state index in [0.717, 1.165) is 18.4 Å². The molecule has 6 heteroatoms. The number of rotatable bonds is 25. The second kappa shape index (κ2) is 24.3. The minimum atomic E-state index is -0.807. The topological polar surface area (TPSA) is 84.5 Å². The molecule has 0 aliphatic rings. The number of unbranched alkanes of at least 4 members (excludes halogenated alkanes) is 15. The van der Waals surface area contributed by atoms with Crippen molar-refractivity contribution < 1.29 is 19.1 Å². The fourth-order valence-electron chi connectivity index (χ4n) is 5.18. The summed E-state index contributed by atoms with van der Waals surface area (Å²) in [4.78, 5) is 38.1. The predicted octanol–water partition coefficient (Wildman–Crippen LogP) is 8.69. The van der Waals surface area contributed by atoms with Crippen molar-refractivity contribution >= 4 is 17.8 Å². The van der Waals surface area contributed by atoms with Crippen LogP contribution in [-0.2, 0) is 20.9 Å². The Morgan fingerprint density at radius 2 is 1.14 bits per heavy atom. The lowest BCUT2D eigenvalue weighted by Gasteiger charge is -2.18. The molecule has 0 bridgehead atoms. The van der Waals surface area contributed by atoms with Crippen molar-refractivity contribution in [2.24, 2.45) is 0 Å². The zero-order valence-corrected chi connectivity index (χ0v) is 26.6. The largest absolute Gasteiger partial charge is 0.461 e. The number of esters is 1. The molecule has 0 aromatic heterocycles. The van der Waals surface area contributed by atoms with Gasteiger partial charge in [-0.3, -0.25) is 14.4 Å². The highest BCUT2D eigenvalue weighted by Gasteiger charge is 2.22. The molecular weight excluding hydrogens is 536 g/mol. The molecule has 0 unspecified atom stereocenters. The van der Waals surface area contributed by atoms with Crippen LogP contribution in [0.3, 0.4) is 0 Å². The van der Waals surface area contributed by atoms with Gasteiger partial charge in [0.05, 0.1) is 0 Å². The van der Waals surface area contributed by atoms with E-state index in [4.69, 9.17) is 4.74 Å². The van der Waals surface area contributed by atoms with E-state index in [1.54, 1.807) is 24.3 Å². The molecule has 238 valence electrons. The lowest BCUT2D eigenvalue weighted by atomic mass is 10.0. The van der Waals surface area contributed by atoms with Crippen molar-refractivity contribution in [1.29, 1.82) is 0 Å². The first kappa shape index (κ1) is 36.0. The summed E-state index contributed by atoms with van der Waals surface area (Å²) in [6, 6.07) is 17.5. The molecule has 43 heavy (non-hydrogen) atoms. The van der Waals surface area contributed by atoms with Crippen LogP contribution in [0.1, 0.15) is 138 Å². The highest BCUT2D eigenvalue weighted by Crippen LogP contribution is 2.14. The summed E-state index contributed by atoms with van der Waals surface area (Å²) in [5.74, 6) is -0.990. The van der Waals surface area contributed by atoms with Crippen LogP contribution in [0.15, 0.2) is 60.7 Å². The Morgan fingerprint density at radius 3 is 1.67 bits per heavy atom. The molecular formula is C37H56N2O4. The number of carbonyl (C=O) groups excluding carboxylic acids is 3. The van der Waals surface area contributed by atoms with E-state index in [-0.39, 0.29) is 31.3 Å². The highest BCUT2D eigenvalue weighted by atomic mass is 16.5. The molecule has 0 spiro atoms. The zero-order chi connectivity index (χ0) is 30.8. The van der Waals surface area contributed by atoms with E-state index >= 15 is 0 Å². The van der Waals surface area contributed by atoms with Crippen molar-refractivity contribution in [3.8, 4) is 0 Å². The fraction of sp³-hybridized carbons (Fsp3) is 0.595. The molecule has 2 amide bonds. The Bertz CT molecular complexity index is 996. The third kappa shape index (κ3) is 18.2. The summed E-state index contributed by atoms with van der Waals surface area (Å²) < 4.78 is 5.36. The molecule has 0 fully saturated rings. The number of hydrogen-bond acceptors (Lipinski definition) is 4. The fourth-order valence-corrected chi connectivity index (χ4v) is 5.18. The van der Waals surface area contributed by atoms with Gasteiger partial charge in [0.2, 0.25) is 5.91 Å². The molecule has 0 aliphatic carbocycles. The number of carbonyl (C=O) groups is 3. The highest BCUT2D eigenvalue weighted by molar-refractivity contribution is 5.97. The summed E-state index contributed by atoms with van der Waals surface area (Å²) in [7, 11) is 0. The molecule has 2 aromatic rings. The van der Waals surface area contributed by atoms with Gasteiger partial charge in [-0.25, -0.2) is 0 Å². The molecule has 1 atom stereocenters. The van der Waals surface area contributed by atoms with Gasteiger partial charge >= 0.3 is 5.97 Å². The van der Waals surface area contributed by atoms with Gasteiger partial charge in [-0.15, -0.1) is 0 Å². The Kier molecular flexibility index (Phi) is 20.4. The first-order chi connectivity index (χ1) is 21.1. The predicted molar refractivity (Wildman–Crippen MR) is 176 cm³/mol. The third-order valence-electron chi connectivity index (χ3n) is 7.87. The van der Waals surface area contributed by atoms with Crippen molar-refractivity contribution in [1.82, 2.24) is 10.6 Å². The first-order valence-electron chi connectivity index (χ1n) is 16.9. The average molecular weight is 593 g/mol. The molecule has 0 aliphatic heterocycles. The van der Waals surface area contributed by atoms with E-state index in [9.17, 15) is 14.4 Å². The quantitative estimate of drug-likeness (QED) is 0.0892. The normalized spacial score (nSPS) is 11.6. The van der Waals surface area contributed by atoms with Crippen molar-refractivity contribution in [2.45, 2.75) is 135 Å². The van der Waals surface area contributed by atoms with Crippen LogP contribution >= 0.6 is 0 Å². The van der Waals surface area contributed by atoms with E-state index in [0.29, 0.717) is 12.1 Å². The Balaban J connectivity index is 1.59. The lowest BCUT2D eigenvalue weighted by Crippen LogP contribution is -2.47. The monoisotopic (exact) mass is 592 g/mol. The van der Waals surface area contributed by atoms with Crippen LogP contribution < -0.4 is 10.6 Å². The van der Waals surface area contributed by atoms with Gasteiger partial charge in [-0.2, -0.15) is 0 Å². The number of benzene rings is 2. The van der Waals surface area contributed by atoms with Crippen LogP contribution in [0.5, 0.6) is 0 Å². The Morgan fingerprint density at radius 1 is 0.651 bits per heavy atom. The van der Waals surface area contributed by atoms with Crippen LogP contribution in [-0.4, -0.2) is 30.4 Å². The third-order valence-corrected chi connectivity index (χ3v) is 7.87. The van der Waals surface area contributed by atoms with Crippen LogP contribution in [0.25, 0.3) is 0 Å². The standard InChI is InChI=1S/C37H56N2O4/c1-2-3-4-5-6-7-8-9-10-11-12-13-14-15-16-23-30-38-37(42)34(39-36(41)33-26-21-18-22-27-33)28-29-35(40)43-31-32-24-19-17-20-25-32/h17-22,24-27,34H,2-16,23,28-31H2,1H3,(H,38,42)(H,39,41)/t34-/m0/s1. The SMILES string of the molecule is CCCCCCCCCCCCCCCCCCNC(=O)[C@H](CCC(=O)OCc1ccccc1)NC(=O)c1ccccc1. The molecule has 0 saturated heterocycles. The Labute approximate surface area is 260 Å². The molecule has 2 rings (SSSR count). The number of hydrogen-bond donors (Lipinski definition) is 2. The van der Waals surface area contributed by atoms with Gasteiger partial charge in [0, 0.05) is 18.5 Å². The van der Waals surface area contributed by atoms with Gasteiger partial charge in [0.25, 0.3) is 5.91 Å². The average Bonchev–Trinajstić information content (AvgIpc) is 3.04. The maximum atomic E-state index is 13.0. The van der Waals surface area contributed by atoms with E-state index < -0.39 is 12.0 Å². The molecule has 0 radical (unpaired) electrons. The lowest BCUT2D eigenvalue weighted by molar-refractivity contribution is -0.145. The smallest absolute Gasteiger partial charge is 0.306 e. The van der Waals surface area contributed by atoms with Gasteiger partial charge < -0.3 is 15.4 Å². The summed E-state index contributed by atoms with van der Waals surface area (Å²) in [6.45, 7) is 3.02. The molecule has 2 N–H and O–H groups in total. The Hall–Kier alpha value is -3.15. The van der Waals surface area contributed by atoms with Crippen molar-refractivity contribution in [3.63, 3.8) is 0 Å². The first-order valence-corrected chi connectivity index (χ1v) is 16.9. The minimum Gasteiger partial charge on any atom is -0.461 e. The van der Waals surface area contributed by atoms with Crippen LogP contribution in [0.2, 0.25) is 0 Å². The molecule has 2 aromatic carbocycles. The zero-order valence-electron chi connectivity index (χ0n) is 26.6. The summed E-state index contributed by atoms with van der Waals surface area (Å²) in [5.41, 5.74) is 1.38. The number of nitrogens with one attached hydrogen (secondary N) is 2. The number of ether oxygens (including phenoxy) is 1. The molecule has 6 nitrogen and oxygen atoms in total. The second-order valence-corrected chi connectivity index (χ2v) is 11.7. The van der Waals surface area contributed by atoms with Crippen LogP contribution in [0, 0.1) is 0 Å². The van der Waals surface area contributed by atoms with E-state index in [1.807, 2.05) is 36.4 Å². The maximum Gasteiger partial charge on any atom is 0.306 e. The van der Waals surface area contributed by atoms with Crippen molar-refractivity contribution in [2.75, 3.05) is 6.54 Å². The summed E-state index contributed by atoms with van der Waals surface area (Å²) in [6.07, 6.45) is 21.1. The molecule has 0 heterocycles. The summed E-state index contributed by atoms with van der Waals surface area (Å²) >= 11 is 0. The number of amides is 2. The van der Waals surface area contributed by atoms with E-state index in [2.05, 4.69) is 17.6 Å². The minimum absolute atomic E-state index is 0.0407.